The number of carboxylic acid groups (broad SMARTS) is 1. The molecule has 2 rings (SSSR count). The van der Waals surface area contributed by atoms with Gasteiger partial charge in [-0.25, -0.2) is 0 Å². The lowest BCUT2D eigenvalue weighted by Gasteiger charge is -2.37. The first-order chi connectivity index (χ1) is 7.75. The van der Waals surface area contributed by atoms with Crippen molar-refractivity contribution in [1.29, 1.82) is 0 Å². The van der Waals surface area contributed by atoms with Gasteiger partial charge in [0.2, 0.25) is 0 Å². The highest BCUT2D eigenvalue weighted by Crippen LogP contribution is 2.30. The average molecular weight is 225 g/mol. The van der Waals surface area contributed by atoms with Crippen molar-refractivity contribution >= 4 is 5.97 Å². The van der Waals surface area contributed by atoms with Gasteiger partial charge in [0.25, 0.3) is 0 Å². The minimum atomic E-state index is -0.944. The van der Waals surface area contributed by atoms with E-state index in [1.54, 1.807) is 0 Å². The third kappa shape index (κ3) is 3.19. The molecule has 4 nitrogen and oxygen atoms in total. The van der Waals surface area contributed by atoms with Crippen molar-refractivity contribution in [1.82, 2.24) is 10.2 Å². The van der Waals surface area contributed by atoms with Crippen LogP contribution in [0.4, 0.5) is 0 Å². The number of hydrogen-bond donors (Lipinski definition) is 1. The number of nitrogens with zero attached hydrogens (tertiary/aromatic N) is 1. The largest absolute Gasteiger partial charge is 0.549 e. The minimum absolute atomic E-state index is 0.110. The first kappa shape index (κ1) is 11.9. The average Bonchev–Trinajstić information content (AvgIpc) is 2.30. The maximum absolute atomic E-state index is 10.5. The quantitative estimate of drug-likeness (QED) is 0.700. The zero-order chi connectivity index (χ0) is 11.4. The van der Waals surface area contributed by atoms with E-state index in [4.69, 9.17) is 0 Å². The van der Waals surface area contributed by atoms with E-state index >= 15 is 0 Å². The summed E-state index contributed by atoms with van der Waals surface area (Å²) in [4.78, 5) is 12.5. The molecule has 16 heavy (non-hydrogen) atoms. The number of aliphatic carboxylic acids is 1. The van der Waals surface area contributed by atoms with Gasteiger partial charge in [0, 0.05) is 6.54 Å². The van der Waals surface area contributed by atoms with Crippen molar-refractivity contribution in [3.8, 4) is 0 Å². The molecule has 2 heterocycles. The monoisotopic (exact) mass is 225 g/mol. The number of carbonyl (C=O) groups is 1. The maximum Gasteiger partial charge on any atom is 0.0555 e. The molecule has 2 aliphatic rings. The van der Waals surface area contributed by atoms with Crippen molar-refractivity contribution in [2.45, 2.75) is 25.7 Å². The van der Waals surface area contributed by atoms with E-state index in [-0.39, 0.29) is 6.54 Å². The molecule has 0 unspecified atom stereocenters. The van der Waals surface area contributed by atoms with Crippen LogP contribution in [0.25, 0.3) is 0 Å². The summed E-state index contributed by atoms with van der Waals surface area (Å²) in [7, 11) is 0. The van der Waals surface area contributed by atoms with Crippen LogP contribution < -0.4 is 10.4 Å². The number of piperidine rings is 2. The van der Waals surface area contributed by atoms with Gasteiger partial charge >= 0.3 is 0 Å². The lowest BCUT2D eigenvalue weighted by molar-refractivity contribution is -0.306. The molecule has 0 amide bonds. The van der Waals surface area contributed by atoms with Gasteiger partial charge in [-0.3, -0.25) is 4.90 Å². The molecule has 92 valence electrons. The SMILES string of the molecule is O=C([O-])CN1CCC(C2CCNCC2)CC1. The van der Waals surface area contributed by atoms with Gasteiger partial charge in [-0.1, -0.05) is 0 Å². The van der Waals surface area contributed by atoms with Gasteiger partial charge in [-0.2, -0.15) is 0 Å². The van der Waals surface area contributed by atoms with E-state index in [0.29, 0.717) is 0 Å². The molecule has 1 N–H and O–H groups in total. The molecule has 0 radical (unpaired) electrons. The summed E-state index contributed by atoms with van der Waals surface area (Å²) < 4.78 is 0. The Bertz CT molecular complexity index is 231. The number of likely N-dealkylation sites (tertiary alicyclic amines) is 1. The van der Waals surface area contributed by atoms with Crippen LogP contribution in [0.2, 0.25) is 0 Å². The van der Waals surface area contributed by atoms with Gasteiger partial charge in [0.15, 0.2) is 0 Å². The van der Waals surface area contributed by atoms with Crippen LogP contribution in [0.1, 0.15) is 25.7 Å². The Kier molecular flexibility index (Phi) is 4.18. The first-order valence-electron chi connectivity index (χ1n) is 6.38. The van der Waals surface area contributed by atoms with Crippen LogP contribution in [0.5, 0.6) is 0 Å². The van der Waals surface area contributed by atoms with Crippen LogP contribution in [-0.4, -0.2) is 43.6 Å². The highest BCUT2D eigenvalue weighted by atomic mass is 16.4. The van der Waals surface area contributed by atoms with Crippen LogP contribution >= 0.6 is 0 Å². The lowest BCUT2D eigenvalue weighted by Crippen LogP contribution is -2.44. The third-order valence-corrected chi connectivity index (χ3v) is 4.04. The van der Waals surface area contributed by atoms with E-state index in [1.807, 2.05) is 4.90 Å². The van der Waals surface area contributed by atoms with Gasteiger partial charge < -0.3 is 15.2 Å². The number of hydrogen-bond acceptors (Lipinski definition) is 4. The van der Waals surface area contributed by atoms with Crippen molar-refractivity contribution in [2.75, 3.05) is 32.7 Å². The van der Waals surface area contributed by atoms with E-state index in [9.17, 15) is 9.90 Å². The van der Waals surface area contributed by atoms with Crippen molar-refractivity contribution in [3.05, 3.63) is 0 Å². The van der Waals surface area contributed by atoms with Crippen molar-refractivity contribution in [3.63, 3.8) is 0 Å². The zero-order valence-electron chi connectivity index (χ0n) is 9.78. The summed E-state index contributed by atoms with van der Waals surface area (Å²) in [6.07, 6.45) is 4.92. The molecule has 0 aromatic rings. The Morgan fingerprint density at radius 3 is 2.25 bits per heavy atom. The molecule has 0 atom stereocenters. The fourth-order valence-corrected chi connectivity index (χ4v) is 3.08. The minimum Gasteiger partial charge on any atom is -0.549 e. The highest BCUT2D eigenvalue weighted by molar-refractivity contribution is 5.66. The normalized spacial score (nSPS) is 25.8. The fourth-order valence-electron chi connectivity index (χ4n) is 3.08. The Labute approximate surface area is 97.0 Å². The molecule has 0 aromatic carbocycles. The molecule has 0 spiro atoms. The zero-order valence-corrected chi connectivity index (χ0v) is 9.78. The topological polar surface area (TPSA) is 55.4 Å². The molecule has 4 heteroatoms. The van der Waals surface area contributed by atoms with Crippen LogP contribution in [0, 0.1) is 11.8 Å². The van der Waals surface area contributed by atoms with Gasteiger partial charge in [0.05, 0.1) is 5.97 Å². The Balaban J connectivity index is 1.73. The molecule has 0 bridgehead atoms. The molecular formula is C12H21N2O2-. The van der Waals surface area contributed by atoms with E-state index in [1.165, 1.54) is 12.8 Å². The number of carbonyl (C=O) groups excluding carboxylic acids is 1. The summed E-state index contributed by atoms with van der Waals surface area (Å²) in [6.45, 7) is 4.29. The van der Waals surface area contributed by atoms with E-state index in [2.05, 4.69) is 5.32 Å². The predicted octanol–water partition coefficient (Wildman–Crippen LogP) is -0.552. The summed E-state index contributed by atoms with van der Waals surface area (Å²) in [6, 6.07) is 0. The molecule has 0 aliphatic carbocycles. The molecular weight excluding hydrogens is 204 g/mol. The molecule has 2 fully saturated rings. The molecule has 0 saturated carbocycles. The summed E-state index contributed by atoms with van der Waals surface area (Å²) in [5, 5.41) is 13.9. The summed E-state index contributed by atoms with van der Waals surface area (Å²) >= 11 is 0. The van der Waals surface area contributed by atoms with Crippen LogP contribution in [-0.2, 0) is 4.79 Å². The molecule has 0 aromatic heterocycles. The second-order valence-corrected chi connectivity index (χ2v) is 5.07. The number of carboxylic acids is 1. The van der Waals surface area contributed by atoms with Crippen molar-refractivity contribution < 1.29 is 9.90 Å². The second-order valence-electron chi connectivity index (χ2n) is 5.07. The number of nitrogens with one attached hydrogen (secondary N) is 1. The smallest absolute Gasteiger partial charge is 0.0555 e. The highest BCUT2D eigenvalue weighted by Gasteiger charge is 2.27. The van der Waals surface area contributed by atoms with Crippen molar-refractivity contribution in [2.24, 2.45) is 11.8 Å². The van der Waals surface area contributed by atoms with Crippen LogP contribution in [0.15, 0.2) is 0 Å². The summed E-state index contributed by atoms with van der Waals surface area (Å²) in [5.41, 5.74) is 0. The Hall–Kier alpha value is -0.610. The van der Waals surface area contributed by atoms with Gasteiger partial charge in [-0.15, -0.1) is 0 Å². The fraction of sp³-hybridized carbons (Fsp3) is 0.917. The van der Waals surface area contributed by atoms with E-state index in [0.717, 1.165) is 50.9 Å². The summed E-state index contributed by atoms with van der Waals surface area (Å²) in [5.74, 6) is 0.742. The van der Waals surface area contributed by atoms with Gasteiger partial charge in [0.1, 0.15) is 0 Å². The standard InChI is InChI=1S/C12H22N2O2/c15-12(16)9-14-7-3-11(4-8-14)10-1-5-13-6-2-10/h10-11,13H,1-9H2,(H,15,16)/p-1. The first-order valence-corrected chi connectivity index (χ1v) is 6.38. The third-order valence-electron chi connectivity index (χ3n) is 4.04. The predicted molar refractivity (Wildman–Crippen MR) is 59.8 cm³/mol. The van der Waals surface area contributed by atoms with E-state index < -0.39 is 5.97 Å². The second kappa shape index (κ2) is 5.64. The molecule has 2 aliphatic heterocycles. The Morgan fingerprint density at radius 1 is 1.12 bits per heavy atom. The lowest BCUT2D eigenvalue weighted by atomic mass is 9.79. The molecule has 2 saturated heterocycles. The van der Waals surface area contributed by atoms with Crippen LogP contribution in [0.3, 0.4) is 0 Å². The number of rotatable bonds is 3. The van der Waals surface area contributed by atoms with Gasteiger partial charge in [-0.05, 0) is 63.7 Å². The maximum atomic E-state index is 10.5. The Morgan fingerprint density at radius 2 is 1.69 bits per heavy atom.